The lowest BCUT2D eigenvalue weighted by molar-refractivity contribution is 0.658. The Morgan fingerprint density at radius 1 is 1.50 bits per heavy atom. The van der Waals surface area contributed by atoms with Crippen molar-refractivity contribution in [3.8, 4) is 6.07 Å². The number of rotatable bonds is 1. The van der Waals surface area contributed by atoms with Gasteiger partial charge < -0.3 is 4.90 Å². The quantitative estimate of drug-likeness (QED) is 0.664. The maximum atomic E-state index is 8.57. The number of hydrogen-bond donors (Lipinski definition) is 0. The molecule has 0 aliphatic carbocycles. The maximum absolute atomic E-state index is 8.57. The summed E-state index contributed by atoms with van der Waals surface area (Å²) in [4.78, 5) is 10.4. The molecule has 1 aromatic heterocycles. The Hall–Kier alpha value is -1.63. The first kappa shape index (κ1) is 8.95. The van der Waals surface area contributed by atoms with Gasteiger partial charge in [-0.15, -0.1) is 0 Å². The van der Waals surface area contributed by atoms with Crippen LogP contribution in [-0.4, -0.2) is 23.1 Å². The van der Waals surface area contributed by atoms with E-state index in [4.69, 9.17) is 5.26 Å². The van der Waals surface area contributed by atoms with E-state index in [9.17, 15) is 0 Å². The van der Waals surface area contributed by atoms with Gasteiger partial charge in [0, 0.05) is 13.1 Å². The third-order valence-corrected chi connectivity index (χ3v) is 2.50. The van der Waals surface area contributed by atoms with Crippen molar-refractivity contribution < 1.29 is 0 Å². The summed E-state index contributed by atoms with van der Waals surface area (Å²) in [6.45, 7) is 4.32. The van der Waals surface area contributed by atoms with Crippen molar-refractivity contribution in [3.05, 3.63) is 18.1 Å². The molecule has 0 amide bonds. The summed E-state index contributed by atoms with van der Waals surface area (Å²) >= 11 is 0. The van der Waals surface area contributed by atoms with Crippen LogP contribution in [0.3, 0.4) is 0 Å². The lowest BCUT2D eigenvalue weighted by atomic mass is 10.2. The Morgan fingerprint density at radius 3 is 2.86 bits per heavy atom. The Balaban J connectivity index is 2.14. The normalized spacial score (nSPS) is 20.9. The molecule has 2 rings (SSSR count). The summed E-state index contributed by atoms with van der Waals surface area (Å²) in [6, 6.07) is 1.96. The SMILES string of the molecule is CC1CCN(c2cnc(C#N)cn2)C1. The van der Waals surface area contributed by atoms with Gasteiger partial charge in [-0.3, -0.25) is 0 Å². The average molecular weight is 188 g/mol. The van der Waals surface area contributed by atoms with Crippen LogP contribution in [0.25, 0.3) is 0 Å². The van der Waals surface area contributed by atoms with Crippen LogP contribution >= 0.6 is 0 Å². The van der Waals surface area contributed by atoms with Gasteiger partial charge in [0.1, 0.15) is 11.9 Å². The minimum atomic E-state index is 0.376. The molecule has 0 radical (unpaired) electrons. The molecule has 1 atom stereocenters. The van der Waals surface area contributed by atoms with Crippen LogP contribution in [-0.2, 0) is 0 Å². The van der Waals surface area contributed by atoms with Crippen molar-refractivity contribution in [1.29, 1.82) is 5.26 Å². The third-order valence-electron chi connectivity index (χ3n) is 2.50. The molecule has 1 aliphatic heterocycles. The lowest BCUT2D eigenvalue weighted by Gasteiger charge is -2.15. The fourth-order valence-electron chi connectivity index (χ4n) is 1.69. The fraction of sp³-hybridized carbons (Fsp3) is 0.500. The molecule has 1 fully saturated rings. The Morgan fingerprint density at radius 2 is 2.36 bits per heavy atom. The van der Waals surface area contributed by atoms with Gasteiger partial charge in [-0.05, 0) is 12.3 Å². The Kier molecular flexibility index (Phi) is 2.32. The standard InChI is InChI=1S/C10H12N4/c1-8-2-3-14(7-8)10-6-12-9(4-11)5-13-10/h5-6,8H,2-3,7H2,1H3. The number of anilines is 1. The van der Waals surface area contributed by atoms with Gasteiger partial charge in [0.05, 0.1) is 12.4 Å². The molecular weight excluding hydrogens is 176 g/mol. The van der Waals surface area contributed by atoms with Crippen molar-refractivity contribution in [1.82, 2.24) is 9.97 Å². The zero-order chi connectivity index (χ0) is 9.97. The van der Waals surface area contributed by atoms with Crippen molar-refractivity contribution in [2.24, 2.45) is 5.92 Å². The van der Waals surface area contributed by atoms with Gasteiger partial charge >= 0.3 is 0 Å². The molecule has 14 heavy (non-hydrogen) atoms. The van der Waals surface area contributed by atoms with Gasteiger partial charge in [-0.25, -0.2) is 9.97 Å². The Labute approximate surface area is 83.2 Å². The maximum Gasteiger partial charge on any atom is 0.158 e. The average Bonchev–Trinajstić information content (AvgIpc) is 2.65. The molecule has 1 saturated heterocycles. The van der Waals surface area contributed by atoms with Crippen LogP contribution in [0.5, 0.6) is 0 Å². The van der Waals surface area contributed by atoms with Crippen LogP contribution in [0.4, 0.5) is 5.82 Å². The summed E-state index contributed by atoms with van der Waals surface area (Å²) in [5, 5.41) is 8.57. The predicted molar refractivity (Wildman–Crippen MR) is 52.7 cm³/mol. The first-order valence-corrected chi connectivity index (χ1v) is 4.76. The van der Waals surface area contributed by atoms with Gasteiger partial charge in [-0.2, -0.15) is 5.26 Å². The molecule has 1 aromatic rings. The van der Waals surface area contributed by atoms with Gasteiger partial charge in [0.15, 0.2) is 5.69 Å². The summed E-state index contributed by atoms with van der Waals surface area (Å²) in [7, 11) is 0. The molecule has 0 bridgehead atoms. The number of hydrogen-bond acceptors (Lipinski definition) is 4. The first-order valence-electron chi connectivity index (χ1n) is 4.76. The van der Waals surface area contributed by atoms with E-state index in [2.05, 4.69) is 21.8 Å². The predicted octanol–water partition coefficient (Wildman–Crippen LogP) is 1.19. The zero-order valence-electron chi connectivity index (χ0n) is 8.14. The molecule has 1 aliphatic rings. The smallest absolute Gasteiger partial charge is 0.158 e. The van der Waals surface area contributed by atoms with Crippen molar-refractivity contribution in [2.75, 3.05) is 18.0 Å². The molecule has 72 valence electrons. The summed E-state index contributed by atoms with van der Waals surface area (Å²) in [6.07, 6.45) is 4.41. The molecule has 1 unspecified atom stereocenters. The van der Waals surface area contributed by atoms with Gasteiger partial charge in [0.2, 0.25) is 0 Å². The highest BCUT2D eigenvalue weighted by molar-refractivity contribution is 5.38. The van der Waals surface area contributed by atoms with Crippen molar-refractivity contribution in [3.63, 3.8) is 0 Å². The van der Waals surface area contributed by atoms with Crippen LogP contribution < -0.4 is 4.90 Å². The summed E-state index contributed by atoms with van der Waals surface area (Å²) in [5.74, 6) is 1.61. The number of nitriles is 1. The third kappa shape index (κ3) is 1.67. The van der Waals surface area contributed by atoms with Gasteiger partial charge in [-0.1, -0.05) is 6.92 Å². The molecular formula is C10H12N4. The second-order valence-corrected chi connectivity index (χ2v) is 3.71. The molecule has 0 N–H and O–H groups in total. The monoisotopic (exact) mass is 188 g/mol. The number of aromatic nitrogens is 2. The molecule has 0 spiro atoms. The second-order valence-electron chi connectivity index (χ2n) is 3.71. The topological polar surface area (TPSA) is 52.8 Å². The first-order chi connectivity index (χ1) is 6.79. The molecule has 0 saturated carbocycles. The fourth-order valence-corrected chi connectivity index (χ4v) is 1.69. The van der Waals surface area contributed by atoms with E-state index in [1.165, 1.54) is 12.6 Å². The minimum absolute atomic E-state index is 0.376. The molecule has 2 heterocycles. The molecule has 4 nitrogen and oxygen atoms in total. The number of nitrogens with zero attached hydrogens (tertiary/aromatic N) is 4. The van der Waals surface area contributed by atoms with E-state index in [0.29, 0.717) is 5.69 Å². The highest BCUT2D eigenvalue weighted by atomic mass is 15.2. The highest BCUT2D eigenvalue weighted by Crippen LogP contribution is 2.20. The Bertz CT molecular complexity index is 351. The second kappa shape index (κ2) is 3.62. The largest absolute Gasteiger partial charge is 0.355 e. The van der Waals surface area contributed by atoms with Crippen molar-refractivity contribution in [2.45, 2.75) is 13.3 Å². The van der Waals surface area contributed by atoms with E-state index >= 15 is 0 Å². The van der Waals surface area contributed by atoms with E-state index in [1.807, 2.05) is 6.07 Å². The van der Waals surface area contributed by atoms with Crippen LogP contribution in [0, 0.1) is 17.2 Å². The lowest BCUT2D eigenvalue weighted by Crippen LogP contribution is -2.20. The van der Waals surface area contributed by atoms with Crippen molar-refractivity contribution >= 4 is 5.82 Å². The van der Waals surface area contributed by atoms with Crippen LogP contribution in [0.2, 0.25) is 0 Å². The molecule has 4 heteroatoms. The van der Waals surface area contributed by atoms with Crippen LogP contribution in [0.1, 0.15) is 19.0 Å². The van der Waals surface area contributed by atoms with E-state index in [1.54, 1.807) is 6.20 Å². The minimum Gasteiger partial charge on any atom is -0.355 e. The van der Waals surface area contributed by atoms with E-state index in [-0.39, 0.29) is 0 Å². The summed E-state index contributed by atoms with van der Waals surface area (Å²) < 4.78 is 0. The van der Waals surface area contributed by atoms with E-state index < -0.39 is 0 Å². The van der Waals surface area contributed by atoms with Gasteiger partial charge in [0.25, 0.3) is 0 Å². The van der Waals surface area contributed by atoms with Crippen LogP contribution in [0.15, 0.2) is 12.4 Å². The summed E-state index contributed by atoms with van der Waals surface area (Å²) in [5.41, 5.74) is 0.376. The zero-order valence-corrected chi connectivity index (χ0v) is 8.14. The highest BCUT2D eigenvalue weighted by Gasteiger charge is 2.19. The molecule has 0 aromatic carbocycles. The van der Waals surface area contributed by atoms with E-state index in [0.717, 1.165) is 24.8 Å².